The highest BCUT2D eigenvalue weighted by molar-refractivity contribution is 5.89. The Morgan fingerprint density at radius 3 is 2.27 bits per heavy atom. The van der Waals surface area contributed by atoms with Crippen molar-refractivity contribution in [2.75, 3.05) is 6.61 Å². The summed E-state index contributed by atoms with van der Waals surface area (Å²) in [5.74, 6) is -3.93. The van der Waals surface area contributed by atoms with Crippen LogP contribution in [0.15, 0.2) is 69.9 Å². The molecule has 1 aromatic heterocycles. The molecule has 3 aromatic carbocycles. The largest absolute Gasteiger partial charge is 0.508 e. The summed E-state index contributed by atoms with van der Waals surface area (Å²) < 4.78 is 21.8. The van der Waals surface area contributed by atoms with Crippen LogP contribution in [0.25, 0.3) is 28.4 Å². The van der Waals surface area contributed by atoms with Gasteiger partial charge in [-0.2, -0.15) is 0 Å². The van der Waals surface area contributed by atoms with E-state index in [0.29, 0.717) is 11.1 Å². The SMILES string of the molecule is O=C(C=Cc1ccc(O)c(O)c1)OCC1OC(Oc2cc3oc(-c4ccc(O)cc4)cc(=O)c3c(O)c2O)C(O)C(O)C1O. The van der Waals surface area contributed by atoms with E-state index in [1.807, 2.05) is 0 Å². The molecular formula is C30H26O14. The van der Waals surface area contributed by atoms with Crippen LogP contribution >= 0.6 is 0 Å². The van der Waals surface area contributed by atoms with Crippen molar-refractivity contribution >= 4 is 23.0 Å². The molecule has 4 aromatic rings. The zero-order valence-electron chi connectivity index (χ0n) is 22.5. The van der Waals surface area contributed by atoms with Crippen molar-refractivity contribution < 1.29 is 64.3 Å². The molecule has 2 heterocycles. The standard InChI is InChI=1S/C30H26O14/c31-15-5-3-14(4-6-15)19-10-18(34)24-20(42-19)11-21(25(36)27(24)38)43-30-29(40)28(39)26(37)22(44-30)12-41-23(35)8-2-13-1-7-16(32)17(33)9-13/h1-11,22,26,28-33,36-40H,12H2. The van der Waals surface area contributed by atoms with Gasteiger partial charge in [-0.25, -0.2) is 4.79 Å². The van der Waals surface area contributed by atoms with Crippen LogP contribution in [0, 0.1) is 0 Å². The average Bonchev–Trinajstić information content (AvgIpc) is 2.99. The summed E-state index contributed by atoms with van der Waals surface area (Å²) >= 11 is 0. The maximum Gasteiger partial charge on any atom is 0.330 e. The van der Waals surface area contributed by atoms with E-state index in [4.69, 9.17) is 18.6 Å². The maximum atomic E-state index is 12.8. The van der Waals surface area contributed by atoms with E-state index in [2.05, 4.69) is 0 Å². The van der Waals surface area contributed by atoms with Crippen LogP contribution in [0.2, 0.25) is 0 Å². The van der Waals surface area contributed by atoms with E-state index in [-0.39, 0.29) is 28.2 Å². The van der Waals surface area contributed by atoms with Crippen LogP contribution < -0.4 is 10.2 Å². The molecule has 44 heavy (non-hydrogen) atoms. The predicted octanol–water partition coefficient (Wildman–Crippen LogP) is 1.43. The number of ether oxygens (including phenoxy) is 3. The summed E-state index contributed by atoms with van der Waals surface area (Å²) in [5, 5.41) is 80.5. The molecule has 5 rings (SSSR count). The van der Waals surface area contributed by atoms with Crippen LogP contribution in [0.4, 0.5) is 0 Å². The molecule has 14 nitrogen and oxygen atoms in total. The zero-order chi connectivity index (χ0) is 31.7. The van der Waals surface area contributed by atoms with Crippen molar-refractivity contribution in [2.24, 2.45) is 0 Å². The molecule has 1 fully saturated rings. The number of benzene rings is 3. The number of rotatable bonds is 7. The van der Waals surface area contributed by atoms with Gasteiger partial charge in [0.2, 0.25) is 12.0 Å². The monoisotopic (exact) mass is 610 g/mol. The summed E-state index contributed by atoms with van der Waals surface area (Å²) in [5.41, 5.74) is -0.161. The number of phenols is 5. The van der Waals surface area contributed by atoms with E-state index >= 15 is 0 Å². The van der Waals surface area contributed by atoms with Crippen LogP contribution in [-0.4, -0.2) is 84.1 Å². The molecule has 1 saturated heterocycles. The van der Waals surface area contributed by atoms with E-state index in [1.165, 1.54) is 48.5 Å². The molecule has 0 radical (unpaired) electrons. The lowest BCUT2D eigenvalue weighted by Gasteiger charge is -2.39. The minimum Gasteiger partial charge on any atom is -0.508 e. The molecule has 8 N–H and O–H groups in total. The first kappa shape index (κ1) is 30.2. The van der Waals surface area contributed by atoms with Crippen molar-refractivity contribution in [1.29, 1.82) is 0 Å². The van der Waals surface area contributed by atoms with Gasteiger partial charge in [-0.15, -0.1) is 0 Å². The van der Waals surface area contributed by atoms with Crippen LogP contribution in [0.1, 0.15) is 5.56 Å². The summed E-state index contributed by atoms with van der Waals surface area (Å²) in [6.07, 6.45) is -6.40. The second-order valence-electron chi connectivity index (χ2n) is 9.81. The topological polar surface area (TPSA) is 237 Å². The Hall–Kier alpha value is -5.28. The van der Waals surface area contributed by atoms with Crippen molar-refractivity contribution in [3.05, 3.63) is 76.5 Å². The molecule has 230 valence electrons. The number of esters is 1. The van der Waals surface area contributed by atoms with E-state index in [1.54, 1.807) is 0 Å². The number of aliphatic hydroxyl groups excluding tert-OH is 3. The summed E-state index contributed by atoms with van der Waals surface area (Å²) in [6.45, 7) is -0.616. The Morgan fingerprint density at radius 2 is 1.57 bits per heavy atom. The summed E-state index contributed by atoms with van der Waals surface area (Å²) in [4.78, 5) is 25.0. The highest BCUT2D eigenvalue weighted by atomic mass is 16.7. The van der Waals surface area contributed by atoms with Gasteiger partial charge < -0.3 is 59.5 Å². The zero-order valence-corrected chi connectivity index (χ0v) is 22.5. The molecule has 1 aliphatic rings. The first-order valence-corrected chi connectivity index (χ1v) is 13.0. The maximum absolute atomic E-state index is 12.8. The lowest BCUT2D eigenvalue weighted by molar-refractivity contribution is -0.278. The molecule has 0 bridgehead atoms. The predicted molar refractivity (Wildman–Crippen MR) is 150 cm³/mol. The minimum absolute atomic E-state index is 0.0201. The second-order valence-corrected chi connectivity index (χ2v) is 9.81. The Morgan fingerprint density at radius 1 is 0.841 bits per heavy atom. The third kappa shape index (κ3) is 6.09. The third-order valence-electron chi connectivity index (χ3n) is 6.80. The molecule has 0 amide bonds. The van der Waals surface area contributed by atoms with Gasteiger partial charge in [0.15, 0.2) is 28.4 Å². The van der Waals surface area contributed by atoms with Crippen LogP contribution in [0.3, 0.4) is 0 Å². The van der Waals surface area contributed by atoms with Crippen molar-refractivity contribution in [2.45, 2.75) is 30.7 Å². The van der Waals surface area contributed by atoms with Gasteiger partial charge in [-0.1, -0.05) is 6.07 Å². The molecule has 1 aliphatic heterocycles. The molecule has 0 saturated carbocycles. The molecule has 5 unspecified atom stereocenters. The van der Waals surface area contributed by atoms with Gasteiger partial charge in [-0.3, -0.25) is 4.79 Å². The van der Waals surface area contributed by atoms with Crippen LogP contribution in [-0.2, 0) is 14.3 Å². The lowest BCUT2D eigenvalue weighted by atomic mass is 9.99. The number of carbonyl (C=O) groups excluding carboxylic acids is 1. The smallest absolute Gasteiger partial charge is 0.330 e. The Labute approximate surface area is 247 Å². The summed E-state index contributed by atoms with van der Waals surface area (Å²) in [7, 11) is 0. The average molecular weight is 611 g/mol. The number of phenolic OH excluding ortho intramolecular Hbond substituents is 5. The van der Waals surface area contributed by atoms with Gasteiger partial charge in [-0.05, 0) is 48.0 Å². The first-order chi connectivity index (χ1) is 20.9. The van der Waals surface area contributed by atoms with Gasteiger partial charge in [0.1, 0.15) is 53.5 Å². The number of hydrogen-bond acceptors (Lipinski definition) is 14. The molecule has 0 aliphatic carbocycles. The quantitative estimate of drug-likeness (QED) is 0.0840. The van der Waals surface area contributed by atoms with Crippen LogP contribution in [0.5, 0.6) is 34.5 Å². The fraction of sp³-hybridized carbons (Fsp3) is 0.200. The van der Waals surface area contributed by atoms with E-state index < -0.39 is 71.7 Å². The fourth-order valence-corrected chi connectivity index (χ4v) is 4.42. The number of carbonyl (C=O) groups is 1. The molecule has 0 spiro atoms. The highest BCUT2D eigenvalue weighted by Gasteiger charge is 2.46. The lowest BCUT2D eigenvalue weighted by Crippen LogP contribution is -2.60. The van der Waals surface area contributed by atoms with Gasteiger partial charge in [0.05, 0.1) is 0 Å². The Kier molecular flexibility index (Phi) is 8.33. The highest BCUT2D eigenvalue weighted by Crippen LogP contribution is 2.42. The Balaban J connectivity index is 1.34. The van der Waals surface area contributed by atoms with Gasteiger partial charge >= 0.3 is 5.97 Å². The molecule has 5 atom stereocenters. The number of fused-ring (bicyclic) bond motifs is 1. The van der Waals surface area contributed by atoms with Crippen molar-refractivity contribution in [3.63, 3.8) is 0 Å². The molecular weight excluding hydrogens is 584 g/mol. The molecule has 14 heteroatoms. The normalized spacial score (nSPS) is 21.8. The van der Waals surface area contributed by atoms with Gasteiger partial charge in [0, 0.05) is 23.8 Å². The van der Waals surface area contributed by atoms with E-state index in [9.17, 15) is 50.4 Å². The summed E-state index contributed by atoms with van der Waals surface area (Å²) in [6, 6.07) is 11.7. The van der Waals surface area contributed by atoms with Crippen molar-refractivity contribution in [3.8, 4) is 45.8 Å². The van der Waals surface area contributed by atoms with E-state index in [0.717, 1.165) is 18.2 Å². The number of aliphatic hydroxyl groups is 3. The third-order valence-corrected chi connectivity index (χ3v) is 6.80. The Bertz CT molecular complexity index is 1780. The second kappa shape index (κ2) is 12.1. The minimum atomic E-state index is -1.88. The first-order valence-electron chi connectivity index (χ1n) is 13.0. The van der Waals surface area contributed by atoms with Crippen molar-refractivity contribution in [1.82, 2.24) is 0 Å². The number of hydrogen-bond donors (Lipinski definition) is 8. The fourth-order valence-electron chi connectivity index (χ4n) is 4.42. The van der Waals surface area contributed by atoms with Gasteiger partial charge in [0.25, 0.3) is 0 Å². The number of aromatic hydroxyl groups is 5.